The number of nitrogens with one attached hydrogen (secondary N) is 1. The zero-order valence-corrected chi connectivity index (χ0v) is 16.4. The van der Waals surface area contributed by atoms with E-state index in [1.165, 1.54) is 12.1 Å². The molecule has 0 saturated carbocycles. The van der Waals surface area contributed by atoms with Crippen molar-refractivity contribution in [2.45, 2.75) is 12.4 Å². The van der Waals surface area contributed by atoms with Crippen LogP contribution in [-0.2, 0) is 17.1 Å². The van der Waals surface area contributed by atoms with E-state index in [1.54, 1.807) is 0 Å². The third kappa shape index (κ3) is 4.96. The van der Waals surface area contributed by atoms with E-state index in [0.29, 0.717) is 0 Å². The first-order valence-electron chi connectivity index (χ1n) is 8.86. The molecular formula is C20H12F7N3O3. The van der Waals surface area contributed by atoms with Crippen molar-refractivity contribution in [2.24, 2.45) is 0 Å². The molecule has 0 unspecified atom stereocenters. The van der Waals surface area contributed by atoms with Crippen LogP contribution in [-0.4, -0.2) is 28.8 Å². The van der Waals surface area contributed by atoms with Gasteiger partial charge in [0.05, 0.1) is 23.9 Å². The summed E-state index contributed by atoms with van der Waals surface area (Å²) >= 11 is 0. The van der Waals surface area contributed by atoms with Crippen molar-refractivity contribution in [3.63, 3.8) is 0 Å². The first kappa shape index (κ1) is 23.8. The Labute approximate surface area is 180 Å². The molecule has 0 atom stereocenters. The molecule has 33 heavy (non-hydrogen) atoms. The molecule has 174 valence electrons. The quantitative estimate of drug-likeness (QED) is 0.422. The lowest BCUT2D eigenvalue weighted by Gasteiger charge is -2.15. The number of ether oxygens (including phenoxy) is 1. The van der Waals surface area contributed by atoms with Crippen LogP contribution >= 0.6 is 0 Å². The van der Waals surface area contributed by atoms with Gasteiger partial charge in [-0.3, -0.25) is 4.79 Å². The van der Waals surface area contributed by atoms with E-state index < -0.39 is 52.7 Å². The van der Waals surface area contributed by atoms with Gasteiger partial charge in [0.25, 0.3) is 5.91 Å². The van der Waals surface area contributed by atoms with Crippen LogP contribution in [0.1, 0.15) is 32.1 Å². The average Bonchev–Trinajstić information content (AvgIpc) is 3.20. The highest BCUT2D eigenvalue weighted by Crippen LogP contribution is 2.37. The average molecular weight is 475 g/mol. The van der Waals surface area contributed by atoms with Crippen LogP contribution in [0, 0.1) is 5.82 Å². The minimum atomic E-state index is -5.25. The lowest BCUT2D eigenvalue weighted by molar-refractivity contribution is -0.143. The van der Waals surface area contributed by atoms with Crippen LogP contribution in [0.15, 0.2) is 48.5 Å². The van der Waals surface area contributed by atoms with Crippen molar-refractivity contribution in [3.05, 3.63) is 76.9 Å². The highest BCUT2D eigenvalue weighted by atomic mass is 19.4. The molecule has 0 radical (unpaired) electrons. The second-order valence-corrected chi connectivity index (χ2v) is 6.48. The topological polar surface area (TPSA) is 73.2 Å². The third-order valence-electron chi connectivity index (χ3n) is 4.30. The van der Waals surface area contributed by atoms with E-state index in [9.17, 15) is 40.3 Å². The number of nitrogens with zero attached hydrogens (tertiary/aromatic N) is 2. The van der Waals surface area contributed by atoms with Gasteiger partial charge in [-0.15, -0.1) is 0 Å². The molecule has 1 aromatic heterocycles. The van der Waals surface area contributed by atoms with Gasteiger partial charge in [0.2, 0.25) is 0 Å². The maximum atomic E-state index is 13.8. The molecule has 6 nitrogen and oxygen atoms in total. The zero-order chi connectivity index (χ0) is 24.6. The Balaban J connectivity index is 2.11. The second-order valence-electron chi connectivity index (χ2n) is 6.48. The number of anilines is 1. The van der Waals surface area contributed by atoms with E-state index in [0.717, 1.165) is 37.4 Å². The van der Waals surface area contributed by atoms with Crippen LogP contribution in [0.2, 0.25) is 0 Å². The Morgan fingerprint density at radius 1 is 0.939 bits per heavy atom. The zero-order valence-electron chi connectivity index (χ0n) is 16.4. The van der Waals surface area contributed by atoms with Crippen LogP contribution < -0.4 is 5.32 Å². The molecule has 1 heterocycles. The Bertz CT molecular complexity index is 1220. The number of hydrogen-bond donors (Lipinski definition) is 1. The van der Waals surface area contributed by atoms with Gasteiger partial charge in [-0.05, 0) is 30.3 Å². The van der Waals surface area contributed by atoms with E-state index in [4.69, 9.17) is 0 Å². The van der Waals surface area contributed by atoms with Crippen LogP contribution in [0.5, 0.6) is 0 Å². The fourth-order valence-electron chi connectivity index (χ4n) is 2.82. The number of hydrogen-bond acceptors (Lipinski definition) is 4. The highest BCUT2D eigenvalue weighted by molar-refractivity contribution is 6.05. The van der Waals surface area contributed by atoms with E-state index in [-0.39, 0.29) is 22.0 Å². The maximum Gasteiger partial charge on any atom is 0.435 e. The van der Waals surface area contributed by atoms with Crippen molar-refractivity contribution in [1.29, 1.82) is 0 Å². The predicted octanol–water partition coefficient (Wildman–Crippen LogP) is 5.09. The van der Waals surface area contributed by atoms with Crippen LogP contribution in [0.3, 0.4) is 0 Å². The maximum absolute atomic E-state index is 13.8. The summed E-state index contributed by atoms with van der Waals surface area (Å²) in [5.74, 6) is -3.01. The molecule has 0 fully saturated rings. The van der Waals surface area contributed by atoms with Gasteiger partial charge in [-0.25, -0.2) is 13.9 Å². The first-order valence-corrected chi connectivity index (χ1v) is 8.86. The number of benzene rings is 2. The van der Waals surface area contributed by atoms with Gasteiger partial charge in [-0.1, -0.05) is 12.1 Å². The SMILES string of the molecule is COC(=O)c1cc(NC(=O)c2ccccc2F)ccc1-n1nc(C(F)(F)F)cc1C(F)(F)F. The smallest absolute Gasteiger partial charge is 0.435 e. The number of methoxy groups -OCH3 is 1. The van der Waals surface area contributed by atoms with Crippen molar-refractivity contribution < 1.29 is 45.1 Å². The number of aromatic nitrogens is 2. The monoisotopic (exact) mass is 475 g/mol. The summed E-state index contributed by atoms with van der Waals surface area (Å²) in [5.41, 5.74) is -5.46. The highest BCUT2D eigenvalue weighted by Gasteiger charge is 2.42. The van der Waals surface area contributed by atoms with E-state index >= 15 is 0 Å². The summed E-state index contributed by atoms with van der Waals surface area (Å²) in [7, 11) is 0.894. The molecule has 1 N–H and O–H groups in total. The molecule has 0 aliphatic rings. The molecule has 0 saturated heterocycles. The Kier molecular flexibility index (Phi) is 6.16. The number of alkyl halides is 6. The Morgan fingerprint density at radius 2 is 1.61 bits per heavy atom. The molecule has 0 aliphatic carbocycles. The molecule has 3 rings (SSSR count). The summed E-state index contributed by atoms with van der Waals surface area (Å²) in [6, 6.07) is 7.43. The summed E-state index contributed by atoms with van der Waals surface area (Å²) < 4.78 is 97.4. The Hall–Kier alpha value is -3.90. The largest absolute Gasteiger partial charge is 0.465 e. The standard InChI is InChI=1S/C20H12F7N3O3/c1-33-18(32)12-8-10(28-17(31)11-4-2-3-5-13(11)21)6-7-14(12)30-16(20(25,26)27)9-15(29-30)19(22,23)24/h2-9H,1H3,(H,28,31). The number of rotatable bonds is 4. The van der Waals surface area contributed by atoms with Gasteiger partial charge in [0, 0.05) is 11.8 Å². The number of carbonyl (C=O) groups excluding carboxylic acids is 2. The lowest BCUT2D eigenvalue weighted by Crippen LogP contribution is -2.18. The van der Waals surface area contributed by atoms with Gasteiger partial charge < -0.3 is 10.1 Å². The van der Waals surface area contributed by atoms with E-state index in [2.05, 4.69) is 15.2 Å². The number of amides is 1. The molecular weight excluding hydrogens is 463 g/mol. The lowest BCUT2D eigenvalue weighted by atomic mass is 10.1. The van der Waals surface area contributed by atoms with Crippen LogP contribution in [0.4, 0.5) is 36.4 Å². The summed E-state index contributed by atoms with van der Waals surface area (Å²) in [6.07, 6.45) is -10.4. The summed E-state index contributed by atoms with van der Waals surface area (Å²) in [4.78, 5) is 24.5. The second kappa shape index (κ2) is 8.56. The minimum absolute atomic E-state index is 0.0858. The number of halogens is 7. The van der Waals surface area contributed by atoms with Gasteiger partial charge in [0.1, 0.15) is 11.5 Å². The van der Waals surface area contributed by atoms with Gasteiger partial charge >= 0.3 is 18.3 Å². The molecule has 1 amide bonds. The summed E-state index contributed by atoms with van der Waals surface area (Å²) in [6.45, 7) is 0. The molecule has 2 aromatic carbocycles. The third-order valence-corrected chi connectivity index (χ3v) is 4.30. The number of carbonyl (C=O) groups is 2. The molecule has 0 spiro atoms. The molecule has 0 bridgehead atoms. The summed E-state index contributed by atoms with van der Waals surface area (Å²) in [5, 5.41) is 5.23. The molecule has 0 aliphatic heterocycles. The van der Waals surface area contributed by atoms with Crippen molar-refractivity contribution >= 4 is 17.6 Å². The van der Waals surface area contributed by atoms with E-state index in [1.807, 2.05) is 0 Å². The van der Waals surface area contributed by atoms with Gasteiger partial charge in [0.15, 0.2) is 5.69 Å². The Morgan fingerprint density at radius 3 is 2.18 bits per heavy atom. The van der Waals surface area contributed by atoms with Gasteiger partial charge in [-0.2, -0.15) is 31.4 Å². The fraction of sp³-hybridized carbons (Fsp3) is 0.150. The molecule has 3 aromatic rings. The predicted molar refractivity (Wildman–Crippen MR) is 99.3 cm³/mol. The molecule has 13 heteroatoms. The minimum Gasteiger partial charge on any atom is -0.465 e. The van der Waals surface area contributed by atoms with Crippen molar-refractivity contribution in [3.8, 4) is 5.69 Å². The number of esters is 1. The van der Waals surface area contributed by atoms with Crippen LogP contribution in [0.25, 0.3) is 5.69 Å². The van der Waals surface area contributed by atoms with Crippen molar-refractivity contribution in [2.75, 3.05) is 12.4 Å². The van der Waals surface area contributed by atoms with Crippen molar-refractivity contribution in [1.82, 2.24) is 9.78 Å². The first-order chi connectivity index (χ1) is 15.3. The normalized spacial score (nSPS) is 11.9. The fourth-order valence-corrected chi connectivity index (χ4v) is 2.82.